The number of carbonyl (C=O) groups is 1. The number of rotatable bonds is 5. The van der Waals surface area contributed by atoms with Gasteiger partial charge in [-0.2, -0.15) is 4.98 Å². The Hall–Kier alpha value is -1.43. The van der Waals surface area contributed by atoms with Gasteiger partial charge in [-0.25, -0.2) is 0 Å². The molecular formula is C18H29N3O3. The molecule has 1 aliphatic carbocycles. The molecule has 6 heteroatoms. The summed E-state index contributed by atoms with van der Waals surface area (Å²) in [5.74, 6) is 2.25. The topological polar surface area (TPSA) is 68.5 Å². The van der Waals surface area contributed by atoms with E-state index in [1.807, 2.05) is 11.8 Å². The monoisotopic (exact) mass is 335 g/mol. The summed E-state index contributed by atoms with van der Waals surface area (Å²) in [5, 5.41) is 4.08. The number of likely N-dealkylation sites (tertiary alicyclic amines) is 1. The lowest BCUT2D eigenvalue weighted by Gasteiger charge is -2.33. The highest BCUT2D eigenvalue weighted by Crippen LogP contribution is 2.27. The van der Waals surface area contributed by atoms with Crippen LogP contribution in [0.4, 0.5) is 0 Å². The summed E-state index contributed by atoms with van der Waals surface area (Å²) in [6.07, 6.45) is 7.77. The third-order valence-corrected chi connectivity index (χ3v) is 5.38. The molecule has 0 bridgehead atoms. The van der Waals surface area contributed by atoms with Crippen molar-refractivity contribution in [2.45, 2.75) is 70.8 Å². The molecule has 1 aliphatic heterocycles. The molecular weight excluding hydrogens is 306 g/mol. The molecule has 1 saturated carbocycles. The molecule has 1 saturated heterocycles. The number of amides is 1. The number of nitrogens with zero attached hydrogens (tertiary/aromatic N) is 3. The van der Waals surface area contributed by atoms with Gasteiger partial charge in [-0.3, -0.25) is 4.79 Å². The molecule has 0 N–H and O–H groups in total. The number of ether oxygens (including phenoxy) is 1. The van der Waals surface area contributed by atoms with Crippen molar-refractivity contribution in [1.82, 2.24) is 15.0 Å². The van der Waals surface area contributed by atoms with Crippen molar-refractivity contribution in [3.8, 4) is 0 Å². The van der Waals surface area contributed by atoms with Gasteiger partial charge in [0.05, 0.1) is 6.10 Å². The third kappa shape index (κ3) is 4.15. The predicted octanol–water partition coefficient (Wildman–Crippen LogP) is 2.93. The zero-order valence-corrected chi connectivity index (χ0v) is 14.9. The Morgan fingerprint density at radius 2 is 2.12 bits per heavy atom. The summed E-state index contributed by atoms with van der Waals surface area (Å²) >= 11 is 0. The molecule has 0 spiro atoms. The van der Waals surface area contributed by atoms with Gasteiger partial charge in [-0.15, -0.1) is 0 Å². The van der Waals surface area contributed by atoms with Crippen LogP contribution in [-0.2, 0) is 16.0 Å². The molecule has 3 rings (SSSR count). The van der Waals surface area contributed by atoms with Crippen LogP contribution < -0.4 is 0 Å². The Labute approximate surface area is 143 Å². The molecule has 0 aromatic carbocycles. The molecule has 0 unspecified atom stereocenters. The molecule has 3 atom stereocenters. The fourth-order valence-electron chi connectivity index (χ4n) is 3.79. The molecule has 1 aromatic rings. The number of carbonyl (C=O) groups excluding carboxylic acids is 1. The highest BCUT2D eigenvalue weighted by Gasteiger charge is 2.29. The lowest BCUT2D eigenvalue weighted by molar-refractivity contribution is -0.141. The molecule has 134 valence electrons. The average Bonchev–Trinajstić information content (AvgIpc) is 3.10. The Morgan fingerprint density at radius 3 is 2.88 bits per heavy atom. The van der Waals surface area contributed by atoms with Crippen molar-refractivity contribution in [2.75, 3.05) is 19.7 Å². The van der Waals surface area contributed by atoms with E-state index in [-0.39, 0.29) is 24.5 Å². The fraction of sp³-hybridized carbons (Fsp3) is 0.833. The number of aryl methyl sites for hydroxylation is 1. The van der Waals surface area contributed by atoms with Gasteiger partial charge in [-0.05, 0) is 31.6 Å². The molecule has 6 nitrogen and oxygen atoms in total. The molecule has 2 fully saturated rings. The second-order valence-corrected chi connectivity index (χ2v) is 7.19. The lowest BCUT2D eigenvalue weighted by atomic mass is 9.88. The first-order valence-corrected chi connectivity index (χ1v) is 9.39. The van der Waals surface area contributed by atoms with E-state index < -0.39 is 0 Å². The van der Waals surface area contributed by atoms with Crippen molar-refractivity contribution < 1.29 is 14.1 Å². The summed E-state index contributed by atoms with van der Waals surface area (Å²) in [4.78, 5) is 18.9. The standard InChI is InChI=1S/C18H29N3O3/c1-3-16-19-18(20-24-16)14-8-6-10-21(11-14)17(22)12-23-15-9-5-4-7-13(15)2/h13-15H,3-12H2,1-2H3/t13-,14-,15+/m1/s1. The Kier molecular flexibility index (Phi) is 5.87. The van der Waals surface area contributed by atoms with Gasteiger partial charge < -0.3 is 14.2 Å². The second-order valence-electron chi connectivity index (χ2n) is 7.19. The highest BCUT2D eigenvalue weighted by atomic mass is 16.5. The van der Waals surface area contributed by atoms with Gasteiger partial charge in [0, 0.05) is 25.4 Å². The molecule has 24 heavy (non-hydrogen) atoms. The van der Waals surface area contributed by atoms with Gasteiger partial charge in [0.2, 0.25) is 11.8 Å². The van der Waals surface area contributed by atoms with E-state index in [0.29, 0.717) is 18.4 Å². The van der Waals surface area contributed by atoms with Crippen LogP contribution in [0.3, 0.4) is 0 Å². The molecule has 2 aliphatic rings. The lowest BCUT2D eigenvalue weighted by Crippen LogP contribution is -2.42. The number of hydrogen-bond acceptors (Lipinski definition) is 5. The van der Waals surface area contributed by atoms with Crippen molar-refractivity contribution in [2.24, 2.45) is 5.92 Å². The minimum absolute atomic E-state index is 0.0942. The van der Waals surface area contributed by atoms with E-state index in [1.54, 1.807) is 0 Å². The summed E-state index contributed by atoms with van der Waals surface area (Å²) in [5.41, 5.74) is 0. The first-order chi connectivity index (χ1) is 11.7. The van der Waals surface area contributed by atoms with Crippen LogP contribution in [0.1, 0.15) is 70.0 Å². The molecule has 1 amide bonds. The predicted molar refractivity (Wildman–Crippen MR) is 89.6 cm³/mol. The number of hydrogen-bond donors (Lipinski definition) is 0. The smallest absolute Gasteiger partial charge is 0.248 e. The highest BCUT2D eigenvalue weighted by molar-refractivity contribution is 5.77. The minimum atomic E-state index is 0.0942. The Bertz CT molecular complexity index is 545. The van der Waals surface area contributed by atoms with Crippen molar-refractivity contribution in [3.63, 3.8) is 0 Å². The number of piperidine rings is 1. The van der Waals surface area contributed by atoms with E-state index >= 15 is 0 Å². The first kappa shape index (κ1) is 17.4. The minimum Gasteiger partial charge on any atom is -0.368 e. The largest absolute Gasteiger partial charge is 0.368 e. The van der Waals surface area contributed by atoms with Gasteiger partial charge >= 0.3 is 0 Å². The van der Waals surface area contributed by atoms with Crippen LogP contribution in [-0.4, -0.2) is 46.7 Å². The summed E-state index contributed by atoms with van der Waals surface area (Å²) in [6, 6.07) is 0. The van der Waals surface area contributed by atoms with E-state index in [9.17, 15) is 4.79 Å². The van der Waals surface area contributed by atoms with Crippen LogP contribution in [0.25, 0.3) is 0 Å². The third-order valence-electron chi connectivity index (χ3n) is 5.38. The fourth-order valence-corrected chi connectivity index (χ4v) is 3.79. The van der Waals surface area contributed by atoms with E-state index in [1.165, 1.54) is 19.3 Å². The van der Waals surface area contributed by atoms with Crippen molar-refractivity contribution >= 4 is 5.91 Å². The summed E-state index contributed by atoms with van der Waals surface area (Å²) in [7, 11) is 0. The molecule has 2 heterocycles. The second kappa shape index (κ2) is 8.10. The van der Waals surface area contributed by atoms with E-state index in [0.717, 1.165) is 38.1 Å². The van der Waals surface area contributed by atoms with Crippen molar-refractivity contribution in [1.29, 1.82) is 0 Å². The van der Waals surface area contributed by atoms with Crippen LogP contribution in [0.5, 0.6) is 0 Å². The maximum atomic E-state index is 12.5. The summed E-state index contributed by atoms with van der Waals surface area (Å²) < 4.78 is 11.1. The van der Waals surface area contributed by atoms with Gasteiger partial charge in [0.25, 0.3) is 0 Å². The maximum absolute atomic E-state index is 12.5. The van der Waals surface area contributed by atoms with Crippen molar-refractivity contribution in [3.05, 3.63) is 11.7 Å². The molecule has 1 aromatic heterocycles. The zero-order chi connectivity index (χ0) is 16.9. The Balaban J connectivity index is 1.51. The van der Waals surface area contributed by atoms with Crippen LogP contribution in [0, 0.1) is 5.92 Å². The van der Waals surface area contributed by atoms with E-state index in [2.05, 4.69) is 17.1 Å². The SMILES string of the molecule is CCc1nc([C@@H]2CCCN(C(=O)CO[C@H]3CCCC[C@H]3C)C2)no1. The first-order valence-electron chi connectivity index (χ1n) is 9.39. The Morgan fingerprint density at radius 1 is 1.29 bits per heavy atom. The number of aromatic nitrogens is 2. The van der Waals surface area contributed by atoms with E-state index in [4.69, 9.17) is 9.26 Å². The van der Waals surface area contributed by atoms with Crippen LogP contribution in [0.15, 0.2) is 4.52 Å². The normalized spacial score (nSPS) is 28.1. The zero-order valence-electron chi connectivity index (χ0n) is 14.9. The van der Waals surface area contributed by atoms with Gasteiger partial charge in [0.1, 0.15) is 6.61 Å². The average molecular weight is 335 g/mol. The quantitative estimate of drug-likeness (QED) is 0.827. The van der Waals surface area contributed by atoms with Gasteiger partial charge in [-0.1, -0.05) is 31.8 Å². The summed E-state index contributed by atoms with van der Waals surface area (Å²) in [6.45, 7) is 5.90. The van der Waals surface area contributed by atoms with Gasteiger partial charge in [0.15, 0.2) is 5.82 Å². The molecule has 0 radical (unpaired) electrons. The maximum Gasteiger partial charge on any atom is 0.248 e. The van der Waals surface area contributed by atoms with Crippen LogP contribution >= 0.6 is 0 Å². The van der Waals surface area contributed by atoms with Crippen LogP contribution in [0.2, 0.25) is 0 Å².